The number of amides is 3. The maximum atomic E-state index is 13.8. The summed E-state index contributed by atoms with van der Waals surface area (Å²) in [5.41, 5.74) is 1.00. The number of rotatable bonds is 15. The summed E-state index contributed by atoms with van der Waals surface area (Å²) < 4.78 is 0. The molecule has 2 unspecified atom stereocenters. The highest BCUT2D eigenvalue weighted by molar-refractivity contribution is 5.93. The van der Waals surface area contributed by atoms with Crippen LogP contribution in [0.2, 0.25) is 0 Å². The third-order valence-electron chi connectivity index (χ3n) is 8.13. The summed E-state index contributed by atoms with van der Waals surface area (Å²) >= 11 is 0. The zero-order valence-corrected chi connectivity index (χ0v) is 28.0. The second kappa shape index (κ2) is 16.4. The average molecular weight is 609 g/mol. The van der Waals surface area contributed by atoms with Crippen molar-refractivity contribution in [3.63, 3.8) is 0 Å². The Hall–Kier alpha value is -2.97. The lowest BCUT2D eigenvalue weighted by molar-refractivity contribution is -0.143. The van der Waals surface area contributed by atoms with E-state index in [1.807, 2.05) is 42.5 Å². The lowest BCUT2D eigenvalue weighted by Gasteiger charge is -2.31. The Morgan fingerprint density at radius 1 is 0.955 bits per heavy atom. The first-order valence-corrected chi connectivity index (χ1v) is 16.5. The Bertz CT molecular complexity index is 1230. The van der Waals surface area contributed by atoms with Gasteiger partial charge in [-0.05, 0) is 59.3 Å². The van der Waals surface area contributed by atoms with Crippen LogP contribution in [0.3, 0.4) is 0 Å². The number of fused-ring (bicyclic) bond motifs is 1. The molecule has 0 radical (unpaired) electrons. The highest BCUT2D eigenvalue weighted by Gasteiger charge is 2.38. The van der Waals surface area contributed by atoms with Gasteiger partial charge in [-0.15, -0.1) is 0 Å². The van der Waals surface area contributed by atoms with Gasteiger partial charge in [0.2, 0.25) is 17.7 Å². The normalized spacial score (nSPS) is 17.0. The summed E-state index contributed by atoms with van der Waals surface area (Å²) in [6.45, 7) is 16.6. The van der Waals surface area contributed by atoms with Crippen molar-refractivity contribution in [2.75, 3.05) is 26.2 Å². The van der Waals surface area contributed by atoms with E-state index >= 15 is 0 Å². The number of nitrogens with one attached hydrogen (secondary N) is 3. The van der Waals surface area contributed by atoms with Crippen molar-refractivity contribution < 1.29 is 19.5 Å². The first-order valence-electron chi connectivity index (χ1n) is 16.5. The van der Waals surface area contributed by atoms with Crippen LogP contribution in [0.25, 0.3) is 10.8 Å². The van der Waals surface area contributed by atoms with Crippen LogP contribution >= 0.6 is 0 Å². The van der Waals surface area contributed by atoms with E-state index in [1.165, 1.54) is 0 Å². The minimum Gasteiger partial charge on any atom is -0.390 e. The van der Waals surface area contributed by atoms with Crippen molar-refractivity contribution in [1.29, 1.82) is 0 Å². The molecule has 44 heavy (non-hydrogen) atoms. The van der Waals surface area contributed by atoms with Crippen molar-refractivity contribution in [3.05, 3.63) is 48.0 Å². The van der Waals surface area contributed by atoms with Crippen molar-refractivity contribution in [2.24, 2.45) is 23.2 Å². The number of carbonyl (C=O) groups excluding carboxylic acids is 3. The molecule has 3 amide bonds. The lowest BCUT2D eigenvalue weighted by atomic mass is 9.88. The Kier molecular flexibility index (Phi) is 13.2. The SMILES string of the molecule is CC(C)CC(CC(C)C)C(=O)N1CCCC1C(=O)N[C@H](Cc1ccc2ccccc2c1)C(=O)NCC(O)CNCC(C)(C)C. The van der Waals surface area contributed by atoms with Crippen LogP contribution in [-0.2, 0) is 20.8 Å². The Morgan fingerprint density at radius 2 is 1.61 bits per heavy atom. The quantitative estimate of drug-likeness (QED) is 0.235. The molecule has 0 aromatic heterocycles. The first-order chi connectivity index (χ1) is 20.7. The molecule has 1 heterocycles. The monoisotopic (exact) mass is 608 g/mol. The topological polar surface area (TPSA) is 111 Å². The third kappa shape index (κ3) is 11.2. The number of nitrogens with zero attached hydrogens (tertiary/aromatic N) is 1. The fraction of sp³-hybridized carbons (Fsp3) is 0.639. The molecular formula is C36H56N4O4. The second-order valence-corrected chi connectivity index (χ2v) is 14.7. The van der Waals surface area contributed by atoms with Crippen LogP contribution in [0.15, 0.2) is 42.5 Å². The van der Waals surface area contributed by atoms with E-state index in [4.69, 9.17) is 0 Å². The van der Waals surface area contributed by atoms with E-state index in [2.05, 4.69) is 64.4 Å². The summed E-state index contributed by atoms with van der Waals surface area (Å²) in [5.74, 6) is 0.0463. The fourth-order valence-corrected chi connectivity index (χ4v) is 6.08. The van der Waals surface area contributed by atoms with Crippen molar-refractivity contribution in [1.82, 2.24) is 20.9 Å². The predicted molar refractivity (Wildman–Crippen MR) is 178 cm³/mol. The molecule has 0 saturated carbocycles. The number of carbonyl (C=O) groups is 3. The maximum absolute atomic E-state index is 13.8. The molecule has 0 bridgehead atoms. The number of hydrogen-bond acceptors (Lipinski definition) is 5. The standard InChI is InChI=1S/C36H56N4O4/c1-24(2)17-29(18-25(3)4)35(44)40-16-10-13-32(40)34(43)39-31(20-26-14-15-27-11-8-9-12-28(27)19-26)33(42)38-22-30(41)21-37-23-36(5,6)7/h8-9,11-12,14-15,19,24-25,29-32,37,41H,10,13,16-18,20-23H2,1-7H3,(H,38,42)(H,39,43)/t30?,31-,32?/m1/s1. The van der Waals surface area contributed by atoms with Crippen LogP contribution in [0.4, 0.5) is 0 Å². The Morgan fingerprint density at radius 3 is 2.25 bits per heavy atom. The summed E-state index contributed by atoms with van der Waals surface area (Å²) in [6, 6.07) is 12.6. The zero-order valence-electron chi connectivity index (χ0n) is 28.0. The molecule has 0 aliphatic carbocycles. The fourth-order valence-electron chi connectivity index (χ4n) is 6.08. The molecule has 4 N–H and O–H groups in total. The highest BCUT2D eigenvalue weighted by atomic mass is 16.3. The molecule has 0 spiro atoms. The summed E-state index contributed by atoms with van der Waals surface area (Å²) in [6.07, 6.45) is 2.46. The molecule has 8 nitrogen and oxygen atoms in total. The first kappa shape index (κ1) is 35.5. The van der Waals surface area contributed by atoms with Gasteiger partial charge in [0, 0.05) is 38.5 Å². The molecule has 1 aliphatic heterocycles. The Labute approximate surface area is 264 Å². The van der Waals surface area contributed by atoms with Crippen LogP contribution in [0.1, 0.15) is 79.7 Å². The molecule has 1 saturated heterocycles. The van der Waals surface area contributed by atoms with Gasteiger partial charge in [-0.2, -0.15) is 0 Å². The second-order valence-electron chi connectivity index (χ2n) is 14.7. The van der Waals surface area contributed by atoms with Gasteiger partial charge >= 0.3 is 0 Å². The van der Waals surface area contributed by atoms with Crippen LogP contribution < -0.4 is 16.0 Å². The van der Waals surface area contributed by atoms with Crippen molar-refractivity contribution in [3.8, 4) is 0 Å². The predicted octanol–water partition coefficient (Wildman–Crippen LogP) is 4.68. The van der Waals surface area contributed by atoms with Crippen molar-refractivity contribution in [2.45, 2.75) is 98.8 Å². The van der Waals surface area contributed by atoms with E-state index in [1.54, 1.807) is 4.90 Å². The maximum Gasteiger partial charge on any atom is 0.243 e. The van der Waals surface area contributed by atoms with E-state index in [0.29, 0.717) is 37.8 Å². The number of aliphatic hydroxyl groups excluding tert-OH is 1. The van der Waals surface area contributed by atoms with Gasteiger partial charge in [-0.25, -0.2) is 0 Å². The zero-order chi connectivity index (χ0) is 32.4. The molecule has 1 fully saturated rings. The molecule has 2 aromatic rings. The molecular weight excluding hydrogens is 552 g/mol. The molecule has 8 heteroatoms. The van der Waals surface area contributed by atoms with Gasteiger partial charge in [-0.1, -0.05) is 90.9 Å². The molecule has 2 aromatic carbocycles. The number of benzene rings is 2. The number of hydrogen-bond donors (Lipinski definition) is 4. The highest BCUT2D eigenvalue weighted by Crippen LogP contribution is 2.27. The Balaban J connectivity index is 1.74. The van der Waals surface area contributed by atoms with Gasteiger partial charge in [0.1, 0.15) is 12.1 Å². The van der Waals surface area contributed by atoms with Gasteiger partial charge in [-0.3, -0.25) is 14.4 Å². The summed E-state index contributed by atoms with van der Waals surface area (Å²) in [4.78, 5) is 42.8. The molecule has 1 aliphatic rings. The summed E-state index contributed by atoms with van der Waals surface area (Å²) in [7, 11) is 0. The molecule has 3 atom stereocenters. The third-order valence-corrected chi connectivity index (χ3v) is 8.13. The van der Waals surface area contributed by atoms with Gasteiger partial charge in [0.25, 0.3) is 0 Å². The molecule has 244 valence electrons. The summed E-state index contributed by atoms with van der Waals surface area (Å²) in [5, 5.41) is 21.8. The van der Waals surface area contributed by atoms with Crippen LogP contribution in [0.5, 0.6) is 0 Å². The van der Waals surface area contributed by atoms with Gasteiger partial charge in [0.05, 0.1) is 6.10 Å². The average Bonchev–Trinajstić information content (AvgIpc) is 3.44. The number of likely N-dealkylation sites (tertiary alicyclic amines) is 1. The van der Waals surface area contributed by atoms with Crippen LogP contribution in [-0.4, -0.2) is 72.1 Å². The minimum atomic E-state index is -0.849. The largest absolute Gasteiger partial charge is 0.390 e. The van der Waals surface area contributed by atoms with Gasteiger partial charge < -0.3 is 26.0 Å². The van der Waals surface area contributed by atoms with Crippen molar-refractivity contribution >= 4 is 28.5 Å². The van der Waals surface area contributed by atoms with Gasteiger partial charge in [0.15, 0.2) is 0 Å². The lowest BCUT2D eigenvalue weighted by Crippen LogP contribution is -2.55. The molecule has 3 rings (SSSR count). The number of aliphatic hydroxyl groups is 1. The van der Waals surface area contributed by atoms with E-state index in [9.17, 15) is 19.5 Å². The smallest absolute Gasteiger partial charge is 0.243 e. The van der Waals surface area contributed by atoms with E-state index in [0.717, 1.165) is 42.1 Å². The van der Waals surface area contributed by atoms with Crippen LogP contribution in [0, 0.1) is 23.2 Å². The van der Waals surface area contributed by atoms with E-state index in [-0.39, 0.29) is 35.6 Å². The minimum absolute atomic E-state index is 0.0476. The van der Waals surface area contributed by atoms with E-state index < -0.39 is 18.2 Å².